The summed E-state index contributed by atoms with van der Waals surface area (Å²) in [6.45, 7) is 2.03. The van der Waals surface area contributed by atoms with Crippen molar-refractivity contribution in [2.24, 2.45) is 5.10 Å². The number of anilines is 1. The third-order valence-corrected chi connectivity index (χ3v) is 3.90. The molecule has 0 spiro atoms. The molecule has 1 aromatic carbocycles. The van der Waals surface area contributed by atoms with Crippen LogP contribution in [0, 0.1) is 0 Å². The van der Waals surface area contributed by atoms with Crippen molar-refractivity contribution in [2.45, 2.75) is 13.3 Å². The minimum atomic E-state index is 0.182. The maximum absolute atomic E-state index is 9.76. The second kappa shape index (κ2) is 5.88. The average Bonchev–Trinajstić information content (AvgIpc) is 2.93. The number of hydrogen-bond donors (Lipinski definition) is 2. The van der Waals surface area contributed by atoms with Crippen molar-refractivity contribution in [1.29, 1.82) is 0 Å². The maximum atomic E-state index is 9.76. The summed E-state index contributed by atoms with van der Waals surface area (Å²) in [5.74, 6) is 0.182. The molecule has 3 aromatic rings. The van der Waals surface area contributed by atoms with Gasteiger partial charge in [0.1, 0.15) is 11.3 Å². The highest BCUT2D eigenvalue weighted by Gasteiger charge is 2.07. The number of para-hydroxylation sites is 1. The lowest BCUT2D eigenvalue weighted by Gasteiger charge is -2.02. The van der Waals surface area contributed by atoms with E-state index in [1.807, 2.05) is 31.2 Å². The molecule has 2 N–H and O–H groups in total. The first-order valence-electron chi connectivity index (χ1n) is 6.60. The van der Waals surface area contributed by atoms with E-state index in [9.17, 15) is 5.11 Å². The van der Waals surface area contributed by atoms with Gasteiger partial charge in [-0.25, -0.2) is 4.98 Å². The highest BCUT2D eigenvalue weighted by Crippen LogP contribution is 2.31. The molecule has 106 valence electrons. The highest BCUT2D eigenvalue weighted by molar-refractivity contribution is 7.22. The zero-order chi connectivity index (χ0) is 14.7. The third-order valence-electron chi connectivity index (χ3n) is 2.98. The summed E-state index contributed by atoms with van der Waals surface area (Å²) in [5, 5.41) is 14.8. The van der Waals surface area contributed by atoms with Crippen LogP contribution < -0.4 is 5.43 Å². The number of aromatic hydroxyl groups is 1. The van der Waals surface area contributed by atoms with Crippen molar-refractivity contribution >= 4 is 32.4 Å². The SMILES string of the molecule is CC/C(=N\Nc1nc2c(O)cccc2s1)c1ccccn1. The second-order valence-corrected chi connectivity index (χ2v) is 5.41. The van der Waals surface area contributed by atoms with Gasteiger partial charge in [-0.3, -0.25) is 10.4 Å². The van der Waals surface area contributed by atoms with E-state index in [1.165, 1.54) is 11.3 Å². The standard InChI is InChI=1S/C15H14N4OS/c1-2-10(11-6-3-4-9-16-11)18-19-15-17-14-12(20)7-5-8-13(14)21-15/h3-9,20H,2H2,1H3,(H,17,19)/b18-10+. The quantitative estimate of drug-likeness (QED) is 0.570. The number of thiazole rings is 1. The van der Waals surface area contributed by atoms with Crippen molar-refractivity contribution in [3.8, 4) is 5.75 Å². The van der Waals surface area contributed by atoms with Crippen molar-refractivity contribution in [3.63, 3.8) is 0 Å². The Morgan fingerprint density at radius 3 is 2.90 bits per heavy atom. The largest absolute Gasteiger partial charge is 0.506 e. The Morgan fingerprint density at radius 1 is 1.29 bits per heavy atom. The van der Waals surface area contributed by atoms with Crippen LogP contribution in [-0.4, -0.2) is 20.8 Å². The number of phenolic OH excluding ortho intramolecular Hbond substituents is 1. The van der Waals surface area contributed by atoms with E-state index in [2.05, 4.69) is 20.5 Å². The molecule has 2 aromatic heterocycles. The smallest absolute Gasteiger partial charge is 0.204 e. The molecule has 0 radical (unpaired) electrons. The van der Waals surface area contributed by atoms with Gasteiger partial charge < -0.3 is 5.11 Å². The van der Waals surface area contributed by atoms with Crippen molar-refractivity contribution < 1.29 is 5.11 Å². The van der Waals surface area contributed by atoms with Gasteiger partial charge in [0.05, 0.1) is 16.1 Å². The molecule has 0 bridgehead atoms. The molecule has 0 atom stereocenters. The number of hydrazone groups is 1. The summed E-state index contributed by atoms with van der Waals surface area (Å²) < 4.78 is 0.920. The van der Waals surface area contributed by atoms with Gasteiger partial charge in [-0.2, -0.15) is 5.10 Å². The van der Waals surface area contributed by atoms with Gasteiger partial charge in [-0.15, -0.1) is 0 Å². The highest BCUT2D eigenvalue weighted by atomic mass is 32.1. The molecule has 2 heterocycles. The van der Waals surface area contributed by atoms with Gasteiger partial charge in [0.15, 0.2) is 0 Å². The second-order valence-electron chi connectivity index (χ2n) is 4.38. The Morgan fingerprint density at radius 2 is 2.19 bits per heavy atom. The number of benzene rings is 1. The fourth-order valence-corrected chi connectivity index (χ4v) is 2.78. The number of nitrogens with zero attached hydrogens (tertiary/aromatic N) is 3. The Balaban J connectivity index is 1.87. The van der Waals surface area contributed by atoms with Crippen LogP contribution in [0.1, 0.15) is 19.0 Å². The lowest BCUT2D eigenvalue weighted by Crippen LogP contribution is -2.04. The van der Waals surface area contributed by atoms with E-state index < -0.39 is 0 Å². The summed E-state index contributed by atoms with van der Waals surface area (Å²) in [6.07, 6.45) is 2.51. The molecule has 6 heteroatoms. The van der Waals surface area contributed by atoms with E-state index in [0.29, 0.717) is 10.6 Å². The molecule has 0 unspecified atom stereocenters. The molecule has 5 nitrogen and oxygen atoms in total. The molecule has 0 saturated carbocycles. The predicted molar refractivity (Wildman–Crippen MR) is 86.0 cm³/mol. The van der Waals surface area contributed by atoms with Crippen LogP contribution >= 0.6 is 11.3 Å². The molecular weight excluding hydrogens is 284 g/mol. The molecule has 0 amide bonds. The fraction of sp³-hybridized carbons (Fsp3) is 0.133. The number of aromatic nitrogens is 2. The van der Waals surface area contributed by atoms with Crippen LogP contribution in [0.3, 0.4) is 0 Å². The molecule has 21 heavy (non-hydrogen) atoms. The minimum absolute atomic E-state index is 0.182. The zero-order valence-electron chi connectivity index (χ0n) is 11.4. The molecule has 0 aliphatic rings. The Kier molecular flexibility index (Phi) is 3.79. The number of hydrogen-bond acceptors (Lipinski definition) is 6. The number of fused-ring (bicyclic) bond motifs is 1. The number of nitrogens with one attached hydrogen (secondary N) is 1. The van der Waals surface area contributed by atoms with Crippen LogP contribution in [0.25, 0.3) is 10.2 Å². The molecule has 0 aliphatic carbocycles. The Hall–Kier alpha value is -2.47. The van der Waals surface area contributed by atoms with Gasteiger partial charge in [0, 0.05) is 6.20 Å². The molecular formula is C15H14N4OS. The number of pyridine rings is 1. The number of rotatable bonds is 4. The lowest BCUT2D eigenvalue weighted by molar-refractivity contribution is 0.480. The van der Waals surface area contributed by atoms with E-state index in [4.69, 9.17) is 0 Å². The van der Waals surface area contributed by atoms with Gasteiger partial charge in [-0.05, 0) is 30.7 Å². The maximum Gasteiger partial charge on any atom is 0.204 e. The Labute approximate surface area is 126 Å². The molecule has 0 saturated heterocycles. The lowest BCUT2D eigenvalue weighted by atomic mass is 10.2. The topological polar surface area (TPSA) is 70.4 Å². The van der Waals surface area contributed by atoms with Crippen LogP contribution in [0.5, 0.6) is 5.75 Å². The van der Waals surface area contributed by atoms with Crippen LogP contribution in [0.4, 0.5) is 5.13 Å². The first kappa shape index (κ1) is 13.5. The summed E-state index contributed by atoms with van der Waals surface area (Å²) in [6, 6.07) is 11.1. The van der Waals surface area contributed by atoms with E-state index in [1.54, 1.807) is 18.3 Å². The van der Waals surface area contributed by atoms with Crippen LogP contribution in [-0.2, 0) is 0 Å². The van der Waals surface area contributed by atoms with Gasteiger partial charge in [0.2, 0.25) is 5.13 Å². The van der Waals surface area contributed by atoms with Gasteiger partial charge in [-0.1, -0.05) is 30.4 Å². The summed E-state index contributed by atoms with van der Waals surface area (Å²) in [7, 11) is 0. The first-order chi connectivity index (χ1) is 10.3. The van der Waals surface area contributed by atoms with Crippen molar-refractivity contribution in [2.75, 3.05) is 5.43 Å². The van der Waals surface area contributed by atoms with E-state index >= 15 is 0 Å². The first-order valence-corrected chi connectivity index (χ1v) is 7.42. The summed E-state index contributed by atoms with van der Waals surface area (Å²) in [4.78, 5) is 8.63. The molecule has 3 rings (SSSR count). The monoisotopic (exact) mass is 298 g/mol. The predicted octanol–water partition coefficient (Wildman–Crippen LogP) is 3.62. The summed E-state index contributed by atoms with van der Waals surface area (Å²) >= 11 is 1.45. The van der Waals surface area contributed by atoms with E-state index in [-0.39, 0.29) is 5.75 Å². The van der Waals surface area contributed by atoms with Crippen molar-refractivity contribution in [3.05, 3.63) is 48.3 Å². The zero-order valence-corrected chi connectivity index (χ0v) is 12.3. The normalized spacial score (nSPS) is 11.8. The fourth-order valence-electron chi connectivity index (χ4n) is 1.95. The third kappa shape index (κ3) is 2.85. The average molecular weight is 298 g/mol. The summed E-state index contributed by atoms with van der Waals surface area (Å²) in [5.41, 5.74) is 5.25. The van der Waals surface area contributed by atoms with Crippen LogP contribution in [0.2, 0.25) is 0 Å². The minimum Gasteiger partial charge on any atom is -0.506 e. The van der Waals surface area contributed by atoms with E-state index in [0.717, 1.165) is 22.5 Å². The van der Waals surface area contributed by atoms with Crippen LogP contribution in [0.15, 0.2) is 47.7 Å². The number of phenols is 1. The van der Waals surface area contributed by atoms with Gasteiger partial charge >= 0.3 is 0 Å². The van der Waals surface area contributed by atoms with Crippen molar-refractivity contribution in [1.82, 2.24) is 9.97 Å². The molecule has 0 aliphatic heterocycles. The molecule has 0 fully saturated rings. The van der Waals surface area contributed by atoms with Gasteiger partial charge in [0.25, 0.3) is 0 Å². The Bertz CT molecular complexity index is 783.